The van der Waals surface area contributed by atoms with E-state index < -0.39 is 5.69 Å². The van der Waals surface area contributed by atoms with Crippen molar-refractivity contribution in [2.24, 2.45) is 5.41 Å². The Morgan fingerprint density at radius 2 is 1.92 bits per heavy atom. The molecule has 1 aliphatic rings. The molecule has 1 rings (SSSR count). The summed E-state index contributed by atoms with van der Waals surface area (Å²) in [5.74, 6) is 1.04. The predicted octanol–water partition coefficient (Wildman–Crippen LogP) is 3.43. The highest BCUT2D eigenvalue weighted by atomic mass is 32.9. The van der Waals surface area contributed by atoms with E-state index in [2.05, 4.69) is 20.8 Å². The molecule has 0 aromatic carbocycles. The molecule has 0 bridgehead atoms. The second-order valence-electron chi connectivity index (χ2n) is 3.99. The summed E-state index contributed by atoms with van der Waals surface area (Å²) in [6.45, 7) is 7.89. The van der Waals surface area contributed by atoms with Gasteiger partial charge < -0.3 is 9.05 Å². The fourth-order valence-electron chi connectivity index (χ4n) is 0.864. The molecule has 0 radical (unpaired) electrons. The smallest absolute Gasteiger partial charge is 0.247 e. The Morgan fingerprint density at radius 1 is 1.38 bits per heavy atom. The monoisotopic (exact) mass is 240 g/mol. The van der Waals surface area contributed by atoms with Gasteiger partial charge in [-0.1, -0.05) is 32.2 Å². The first-order valence-corrected chi connectivity index (χ1v) is 8.74. The second-order valence-corrected chi connectivity index (χ2v) is 10.4. The maximum absolute atomic E-state index is 5.65. The maximum atomic E-state index is 5.65. The van der Waals surface area contributed by atoms with Crippen molar-refractivity contribution in [3.05, 3.63) is 0 Å². The van der Waals surface area contributed by atoms with Gasteiger partial charge in [0, 0.05) is 11.2 Å². The van der Waals surface area contributed by atoms with E-state index in [0.29, 0.717) is 0 Å². The minimum Gasteiger partial charge on any atom is -0.321 e. The Hall–Kier alpha value is 0.920. The third kappa shape index (κ3) is 3.88. The highest BCUT2D eigenvalue weighted by Gasteiger charge is 2.33. The number of rotatable bonds is 3. The highest BCUT2D eigenvalue weighted by molar-refractivity contribution is 8.67. The molecular formula is C8H17O2PS2. The molecule has 5 heteroatoms. The number of hydrogen-bond acceptors (Lipinski definition) is 4. The van der Waals surface area contributed by atoms with Crippen LogP contribution in [-0.4, -0.2) is 19.0 Å². The molecule has 1 fully saturated rings. The lowest BCUT2D eigenvalue weighted by atomic mass is 9.97. The van der Waals surface area contributed by atoms with Crippen LogP contribution in [0, 0.1) is 5.41 Å². The topological polar surface area (TPSA) is 18.5 Å². The van der Waals surface area contributed by atoms with Crippen molar-refractivity contribution in [2.75, 3.05) is 19.0 Å². The van der Waals surface area contributed by atoms with Gasteiger partial charge in [-0.3, -0.25) is 0 Å². The van der Waals surface area contributed by atoms with E-state index in [1.165, 1.54) is 0 Å². The van der Waals surface area contributed by atoms with Crippen molar-refractivity contribution in [2.45, 2.75) is 27.2 Å². The van der Waals surface area contributed by atoms with Gasteiger partial charge in [-0.2, -0.15) is 0 Å². The van der Waals surface area contributed by atoms with Crippen LogP contribution in [-0.2, 0) is 20.9 Å². The zero-order valence-electron chi connectivity index (χ0n) is 8.41. The first-order valence-electron chi connectivity index (χ1n) is 4.51. The molecule has 1 saturated heterocycles. The van der Waals surface area contributed by atoms with Gasteiger partial charge in [0.15, 0.2) is 0 Å². The van der Waals surface area contributed by atoms with Gasteiger partial charge in [-0.15, -0.1) is 0 Å². The van der Waals surface area contributed by atoms with E-state index in [0.717, 1.165) is 25.4 Å². The summed E-state index contributed by atoms with van der Waals surface area (Å²) < 4.78 is 11.3. The quantitative estimate of drug-likeness (QED) is 0.703. The van der Waals surface area contributed by atoms with Crippen LogP contribution in [0.4, 0.5) is 0 Å². The van der Waals surface area contributed by atoms with Gasteiger partial charge in [0.25, 0.3) is 0 Å². The standard InChI is InChI=1S/C8H17O2PS2/c1-4-5-13-11(12)9-6-8(2,3)7-10-11/h4-7H2,1-3H3. The van der Waals surface area contributed by atoms with Gasteiger partial charge in [0.1, 0.15) is 0 Å². The zero-order valence-corrected chi connectivity index (χ0v) is 10.9. The molecule has 2 nitrogen and oxygen atoms in total. The van der Waals surface area contributed by atoms with Gasteiger partial charge in [0.05, 0.1) is 13.2 Å². The van der Waals surface area contributed by atoms with Gasteiger partial charge in [0.2, 0.25) is 5.69 Å². The third-order valence-corrected chi connectivity index (χ3v) is 7.19. The average Bonchev–Trinajstić information content (AvgIpc) is 2.08. The van der Waals surface area contributed by atoms with Crippen LogP contribution in [0.1, 0.15) is 27.2 Å². The molecule has 0 amide bonds. The van der Waals surface area contributed by atoms with E-state index >= 15 is 0 Å². The van der Waals surface area contributed by atoms with Crippen LogP contribution in [0.2, 0.25) is 0 Å². The van der Waals surface area contributed by atoms with E-state index in [1.807, 2.05) is 0 Å². The van der Waals surface area contributed by atoms with Gasteiger partial charge in [-0.25, -0.2) is 0 Å². The fraction of sp³-hybridized carbons (Fsp3) is 1.00. The van der Waals surface area contributed by atoms with Crippen LogP contribution in [0.25, 0.3) is 0 Å². The van der Waals surface area contributed by atoms with Gasteiger partial charge >= 0.3 is 0 Å². The normalized spacial score (nSPS) is 25.8. The van der Waals surface area contributed by atoms with E-state index in [-0.39, 0.29) is 5.41 Å². The molecule has 1 aliphatic heterocycles. The summed E-state index contributed by atoms with van der Waals surface area (Å²) in [5, 5.41) is 0. The van der Waals surface area contributed by atoms with Crippen molar-refractivity contribution in [1.29, 1.82) is 0 Å². The van der Waals surface area contributed by atoms with Crippen molar-refractivity contribution in [3.63, 3.8) is 0 Å². The minimum atomic E-state index is -1.96. The molecule has 0 spiro atoms. The van der Waals surface area contributed by atoms with Crippen LogP contribution in [0.15, 0.2) is 0 Å². The summed E-state index contributed by atoms with van der Waals surface area (Å²) in [7, 11) is 0. The molecular weight excluding hydrogens is 223 g/mol. The Morgan fingerprint density at radius 3 is 2.38 bits per heavy atom. The lowest BCUT2D eigenvalue weighted by molar-refractivity contribution is 0.0672. The molecule has 1 heterocycles. The van der Waals surface area contributed by atoms with Crippen LogP contribution < -0.4 is 0 Å². The average molecular weight is 240 g/mol. The molecule has 13 heavy (non-hydrogen) atoms. The summed E-state index contributed by atoms with van der Waals surface area (Å²) >= 11 is 7.03. The zero-order chi connectivity index (χ0) is 9.95. The fourth-order valence-corrected chi connectivity index (χ4v) is 5.48. The first-order chi connectivity index (χ1) is 5.97. The van der Waals surface area contributed by atoms with E-state index in [4.69, 9.17) is 20.9 Å². The second kappa shape index (κ2) is 4.63. The molecule has 0 aromatic heterocycles. The molecule has 0 unspecified atom stereocenters. The van der Waals surface area contributed by atoms with Crippen LogP contribution in [0.3, 0.4) is 0 Å². The van der Waals surface area contributed by atoms with Crippen LogP contribution in [0.5, 0.6) is 0 Å². The van der Waals surface area contributed by atoms with Crippen molar-refractivity contribution in [1.82, 2.24) is 0 Å². The minimum absolute atomic E-state index is 0.134. The molecule has 78 valence electrons. The van der Waals surface area contributed by atoms with E-state index in [9.17, 15) is 0 Å². The molecule has 0 aliphatic carbocycles. The molecule has 0 aromatic rings. The lowest BCUT2D eigenvalue weighted by Gasteiger charge is -2.35. The van der Waals surface area contributed by atoms with E-state index in [1.54, 1.807) is 11.4 Å². The Balaban J connectivity index is 2.42. The highest BCUT2D eigenvalue weighted by Crippen LogP contribution is 2.64. The Bertz CT molecular complexity index is 204. The molecule has 0 N–H and O–H groups in total. The summed E-state index contributed by atoms with van der Waals surface area (Å²) in [4.78, 5) is 0. The lowest BCUT2D eigenvalue weighted by Crippen LogP contribution is -2.28. The van der Waals surface area contributed by atoms with Gasteiger partial charge in [-0.05, 0) is 18.2 Å². The predicted molar refractivity (Wildman–Crippen MR) is 62.7 cm³/mol. The van der Waals surface area contributed by atoms with Crippen molar-refractivity contribution in [3.8, 4) is 0 Å². The molecule has 0 saturated carbocycles. The largest absolute Gasteiger partial charge is 0.321 e. The Kier molecular flexibility index (Phi) is 4.27. The third-order valence-electron chi connectivity index (χ3n) is 1.68. The number of hydrogen-bond donors (Lipinski definition) is 0. The van der Waals surface area contributed by atoms with Crippen molar-refractivity contribution >= 4 is 28.9 Å². The maximum Gasteiger partial charge on any atom is 0.247 e. The summed E-state index contributed by atoms with van der Waals surface area (Å²) in [6, 6.07) is 0. The SMILES string of the molecule is CCCSP1(=S)OCC(C)(C)CO1. The van der Waals surface area contributed by atoms with Crippen molar-refractivity contribution < 1.29 is 9.05 Å². The summed E-state index contributed by atoms with van der Waals surface area (Å²) in [5.41, 5.74) is -1.83. The Labute approximate surface area is 89.7 Å². The van der Waals surface area contributed by atoms with Crippen LogP contribution >= 0.6 is 17.1 Å². The molecule has 0 atom stereocenters. The summed E-state index contributed by atoms with van der Waals surface area (Å²) in [6.07, 6.45) is 1.12. The first kappa shape index (κ1) is 12.0.